The summed E-state index contributed by atoms with van der Waals surface area (Å²) in [6.45, 7) is 2.75. The maximum atomic E-state index is 13.3. The maximum Gasteiger partial charge on any atom is 0.254 e. The molecule has 0 aromatic heterocycles. The number of halogens is 1. The van der Waals surface area contributed by atoms with E-state index in [9.17, 15) is 14.0 Å². The third kappa shape index (κ3) is 2.97. The summed E-state index contributed by atoms with van der Waals surface area (Å²) in [5, 5.41) is 0. The third-order valence-corrected chi connectivity index (χ3v) is 4.19. The molecule has 6 heteroatoms. The largest absolute Gasteiger partial charge is 0.378 e. The fraction of sp³-hybridized carbons (Fsp3) is 0.500. The molecule has 2 amide bonds. The molecule has 0 spiro atoms. The number of rotatable bonds is 2. The molecule has 0 bridgehead atoms. The van der Waals surface area contributed by atoms with Gasteiger partial charge in [0.2, 0.25) is 5.91 Å². The van der Waals surface area contributed by atoms with Gasteiger partial charge in [-0.3, -0.25) is 9.59 Å². The molecule has 0 N–H and O–H groups in total. The van der Waals surface area contributed by atoms with Crippen molar-refractivity contribution in [2.24, 2.45) is 0 Å². The monoisotopic (exact) mass is 306 g/mol. The lowest BCUT2D eigenvalue weighted by Gasteiger charge is -2.32. The highest BCUT2D eigenvalue weighted by Gasteiger charge is 2.37. The number of hydrogen-bond donors (Lipinski definition) is 0. The van der Waals surface area contributed by atoms with E-state index < -0.39 is 11.9 Å². The Hall–Kier alpha value is -1.95. The summed E-state index contributed by atoms with van der Waals surface area (Å²) in [5.74, 6) is -0.740. The second-order valence-corrected chi connectivity index (χ2v) is 5.60. The molecule has 1 aromatic rings. The van der Waals surface area contributed by atoms with Crippen molar-refractivity contribution in [3.8, 4) is 0 Å². The zero-order chi connectivity index (χ0) is 15.5. The number of likely N-dealkylation sites (tertiary alicyclic amines) is 1. The second kappa shape index (κ2) is 6.44. The summed E-state index contributed by atoms with van der Waals surface area (Å²) in [6.07, 6.45) is 1.46. The molecule has 1 atom stereocenters. The first-order chi connectivity index (χ1) is 10.7. The van der Waals surface area contributed by atoms with Crippen LogP contribution in [-0.2, 0) is 9.53 Å². The molecule has 2 fully saturated rings. The van der Waals surface area contributed by atoms with Crippen LogP contribution in [0.15, 0.2) is 24.3 Å². The zero-order valence-corrected chi connectivity index (χ0v) is 12.3. The maximum absolute atomic E-state index is 13.3. The molecule has 3 rings (SSSR count). The van der Waals surface area contributed by atoms with E-state index in [2.05, 4.69) is 0 Å². The van der Waals surface area contributed by atoms with Gasteiger partial charge in [-0.15, -0.1) is 0 Å². The number of benzene rings is 1. The molecular weight excluding hydrogens is 287 g/mol. The normalized spacial score (nSPS) is 22.0. The highest BCUT2D eigenvalue weighted by molar-refractivity contribution is 5.98. The molecule has 0 radical (unpaired) electrons. The van der Waals surface area contributed by atoms with Gasteiger partial charge in [-0.1, -0.05) is 6.07 Å². The molecule has 22 heavy (non-hydrogen) atoms. The van der Waals surface area contributed by atoms with E-state index >= 15 is 0 Å². The second-order valence-electron chi connectivity index (χ2n) is 5.60. The van der Waals surface area contributed by atoms with Gasteiger partial charge in [0.15, 0.2) is 0 Å². The van der Waals surface area contributed by atoms with E-state index in [0.29, 0.717) is 44.8 Å². The van der Waals surface area contributed by atoms with Crippen LogP contribution in [0.1, 0.15) is 23.2 Å². The summed E-state index contributed by atoms with van der Waals surface area (Å²) in [5.41, 5.74) is 0.293. The number of carbonyl (C=O) groups excluding carboxylic acids is 2. The van der Waals surface area contributed by atoms with Crippen molar-refractivity contribution in [2.45, 2.75) is 18.9 Å². The van der Waals surface area contributed by atoms with Crippen molar-refractivity contribution in [2.75, 3.05) is 32.8 Å². The lowest BCUT2D eigenvalue weighted by Crippen LogP contribution is -2.51. The number of morpholine rings is 1. The van der Waals surface area contributed by atoms with Gasteiger partial charge in [0.05, 0.1) is 13.2 Å². The molecule has 2 aliphatic heterocycles. The van der Waals surface area contributed by atoms with Crippen molar-refractivity contribution >= 4 is 11.8 Å². The Balaban J connectivity index is 1.75. The minimum Gasteiger partial charge on any atom is -0.378 e. The Labute approximate surface area is 128 Å². The SMILES string of the molecule is O=C([C@@H]1CCCN1C(=O)c1cccc(F)c1)N1CCOCC1. The minimum absolute atomic E-state index is 0.0226. The quantitative estimate of drug-likeness (QED) is 0.827. The van der Waals surface area contributed by atoms with Gasteiger partial charge in [0, 0.05) is 25.2 Å². The Kier molecular flexibility index (Phi) is 4.38. The molecule has 5 nitrogen and oxygen atoms in total. The first-order valence-electron chi connectivity index (χ1n) is 7.60. The van der Waals surface area contributed by atoms with Crippen LogP contribution in [0.5, 0.6) is 0 Å². The lowest BCUT2D eigenvalue weighted by atomic mass is 10.1. The van der Waals surface area contributed by atoms with Crippen molar-refractivity contribution < 1.29 is 18.7 Å². The topological polar surface area (TPSA) is 49.9 Å². The van der Waals surface area contributed by atoms with Crippen LogP contribution in [-0.4, -0.2) is 60.5 Å². The van der Waals surface area contributed by atoms with Crippen LogP contribution in [0.25, 0.3) is 0 Å². The van der Waals surface area contributed by atoms with Crippen LogP contribution < -0.4 is 0 Å². The summed E-state index contributed by atoms with van der Waals surface area (Å²) in [6, 6.07) is 5.18. The minimum atomic E-state index is -0.443. The van der Waals surface area contributed by atoms with Gasteiger partial charge in [-0.05, 0) is 31.0 Å². The van der Waals surface area contributed by atoms with E-state index in [1.54, 1.807) is 15.9 Å². The average molecular weight is 306 g/mol. The summed E-state index contributed by atoms with van der Waals surface area (Å²) in [4.78, 5) is 28.5. The van der Waals surface area contributed by atoms with Crippen LogP contribution in [0.2, 0.25) is 0 Å². The molecule has 2 heterocycles. The van der Waals surface area contributed by atoms with E-state index in [0.717, 1.165) is 6.42 Å². The fourth-order valence-corrected chi connectivity index (χ4v) is 3.05. The summed E-state index contributed by atoms with van der Waals surface area (Å²) < 4.78 is 18.6. The lowest BCUT2D eigenvalue weighted by molar-refractivity contribution is -0.139. The van der Waals surface area contributed by atoms with Gasteiger partial charge >= 0.3 is 0 Å². The Morgan fingerprint density at radius 3 is 2.68 bits per heavy atom. The van der Waals surface area contributed by atoms with Crippen LogP contribution >= 0.6 is 0 Å². The number of carbonyl (C=O) groups is 2. The van der Waals surface area contributed by atoms with Gasteiger partial charge < -0.3 is 14.5 Å². The molecule has 1 aromatic carbocycles. The van der Waals surface area contributed by atoms with E-state index in [1.807, 2.05) is 0 Å². The highest BCUT2D eigenvalue weighted by atomic mass is 19.1. The molecular formula is C16H19FN2O3. The average Bonchev–Trinajstić information content (AvgIpc) is 3.04. The van der Waals surface area contributed by atoms with E-state index in [4.69, 9.17) is 4.74 Å². The number of amides is 2. The van der Waals surface area contributed by atoms with Crippen molar-refractivity contribution in [1.82, 2.24) is 9.80 Å². The predicted octanol–water partition coefficient (Wildman–Crippen LogP) is 1.29. The fourth-order valence-electron chi connectivity index (χ4n) is 3.05. The Bertz CT molecular complexity index is 572. The van der Waals surface area contributed by atoms with E-state index in [1.165, 1.54) is 18.2 Å². The van der Waals surface area contributed by atoms with Crippen LogP contribution in [0.4, 0.5) is 4.39 Å². The standard InChI is InChI=1S/C16H19FN2O3/c17-13-4-1-3-12(11-13)15(20)19-6-2-5-14(19)16(21)18-7-9-22-10-8-18/h1,3-4,11,14H,2,5-10H2/t14-/m0/s1. The van der Waals surface area contributed by atoms with Crippen molar-refractivity contribution in [1.29, 1.82) is 0 Å². The smallest absolute Gasteiger partial charge is 0.254 e. The Morgan fingerprint density at radius 1 is 1.18 bits per heavy atom. The van der Waals surface area contributed by atoms with Crippen LogP contribution in [0.3, 0.4) is 0 Å². The van der Waals surface area contributed by atoms with Gasteiger partial charge in [0.1, 0.15) is 11.9 Å². The Morgan fingerprint density at radius 2 is 1.95 bits per heavy atom. The van der Waals surface area contributed by atoms with Crippen molar-refractivity contribution in [3.05, 3.63) is 35.6 Å². The highest BCUT2D eigenvalue weighted by Crippen LogP contribution is 2.22. The molecule has 0 unspecified atom stereocenters. The van der Waals surface area contributed by atoms with Gasteiger partial charge in [0.25, 0.3) is 5.91 Å². The van der Waals surface area contributed by atoms with Crippen molar-refractivity contribution in [3.63, 3.8) is 0 Å². The third-order valence-electron chi connectivity index (χ3n) is 4.19. The first-order valence-corrected chi connectivity index (χ1v) is 7.60. The molecule has 0 aliphatic carbocycles. The summed E-state index contributed by atoms with van der Waals surface area (Å²) >= 11 is 0. The van der Waals surface area contributed by atoms with E-state index in [-0.39, 0.29) is 11.8 Å². The molecule has 2 saturated heterocycles. The molecule has 2 aliphatic rings. The van der Waals surface area contributed by atoms with Gasteiger partial charge in [-0.25, -0.2) is 4.39 Å². The zero-order valence-electron chi connectivity index (χ0n) is 12.3. The molecule has 118 valence electrons. The number of nitrogens with zero attached hydrogens (tertiary/aromatic N) is 2. The summed E-state index contributed by atoms with van der Waals surface area (Å²) in [7, 11) is 0. The number of hydrogen-bond acceptors (Lipinski definition) is 3. The first kappa shape index (κ1) is 15.0. The van der Waals surface area contributed by atoms with Crippen LogP contribution in [0, 0.1) is 5.82 Å². The predicted molar refractivity (Wildman–Crippen MR) is 77.9 cm³/mol. The van der Waals surface area contributed by atoms with Gasteiger partial charge in [-0.2, -0.15) is 0 Å². The molecule has 0 saturated carbocycles. The number of ether oxygens (including phenoxy) is 1.